The largest absolute Gasteiger partial charge is 0.488 e. The van der Waals surface area contributed by atoms with Crippen molar-refractivity contribution in [2.75, 3.05) is 25.0 Å². The molecule has 0 amide bonds. The minimum absolute atomic E-state index is 0.119. The second-order valence-corrected chi connectivity index (χ2v) is 6.29. The number of hydrogen-bond acceptors (Lipinski definition) is 3. The Hall–Kier alpha value is -0.650. The predicted octanol–water partition coefficient (Wildman–Crippen LogP) is 2.61. The molecule has 3 rings (SSSR count). The first-order valence-electron chi connectivity index (χ1n) is 7.03. The third-order valence-electron chi connectivity index (χ3n) is 3.80. The maximum atomic E-state index is 13.2. The van der Waals surface area contributed by atoms with Gasteiger partial charge in [0.2, 0.25) is 0 Å². The van der Waals surface area contributed by atoms with Crippen molar-refractivity contribution in [3.8, 4) is 5.75 Å². The molecule has 3 nitrogen and oxygen atoms in total. The zero-order chi connectivity index (χ0) is 14.1. The summed E-state index contributed by atoms with van der Waals surface area (Å²) in [7, 11) is 0. The summed E-state index contributed by atoms with van der Waals surface area (Å²) in [6.45, 7) is 4.81. The van der Waals surface area contributed by atoms with Crippen molar-refractivity contribution in [3.63, 3.8) is 0 Å². The molecule has 3 atom stereocenters. The summed E-state index contributed by atoms with van der Waals surface area (Å²) in [4.78, 5) is 2.38. The molecule has 20 heavy (non-hydrogen) atoms. The van der Waals surface area contributed by atoms with Crippen molar-refractivity contribution in [2.24, 2.45) is 0 Å². The normalized spacial score (nSPS) is 30.1. The van der Waals surface area contributed by atoms with Crippen LogP contribution >= 0.6 is 15.9 Å². The Morgan fingerprint density at radius 1 is 1.35 bits per heavy atom. The molecule has 0 saturated carbocycles. The smallest absolute Gasteiger partial charge is 0.123 e. The molecule has 0 radical (unpaired) electrons. The van der Waals surface area contributed by atoms with Crippen LogP contribution in [0.4, 0.5) is 4.39 Å². The van der Waals surface area contributed by atoms with E-state index in [0.717, 1.165) is 42.7 Å². The fourth-order valence-corrected chi connectivity index (χ4v) is 3.41. The zero-order valence-corrected chi connectivity index (χ0v) is 13.1. The molecule has 3 unspecified atom stereocenters. The van der Waals surface area contributed by atoms with Crippen LogP contribution in [-0.4, -0.2) is 48.2 Å². The average molecular weight is 344 g/mol. The maximum absolute atomic E-state index is 13.2. The van der Waals surface area contributed by atoms with Crippen LogP contribution in [-0.2, 0) is 11.2 Å². The van der Waals surface area contributed by atoms with Crippen LogP contribution in [0.15, 0.2) is 18.2 Å². The SMILES string of the molecule is CC1CN(CC2Cc3cc(F)ccc3O2)CC(CBr)O1. The molecule has 2 aliphatic heterocycles. The number of rotatable bonds is 3. The van der Waals surface area contributed by atoms with Crippen LogP contribution < -0.4 is 4.74 Å². The van der Waals surface area contributed by atoms with Gasteiger partial charge in [-0.2, -0.15) is 0 Å². The Morgan fingerprint density at radius 2 is 2.20 bits per heavy atom. The highest BCUT2D eigenvalue weighted by atomic mass is 79.9. The van der Waals surface area contributed by atoms with Crippen molar-refractivity contribution >= 4 is 15.9 Å². The number of hydrogen-bond donors (Lipinski definition) is 0. The molecule has 0 spiro atoms. The Kier molecular flexibility index (Phi) is 4.29. The van der Waals surface area contributed by atoms with E-state index < -0.39 is 0 Å². The van der Waals surface area contributed by atoms with Gasteiger partial charge in [0.25, 0.3) is 0 Å². The van der Waals surface area contributed by atoms with Crippen LogP contribution in [0.3, 0.4) is 0 Å². The van der Waals surface area contributed by atoms with E-state index in [1.807, 2.05) is 0 Å². The number of alkyl halides is 1. The third-order valence-corrected chi connectivity index (χ3v) is 4.52. The summed E-state index contributed by atoms with van der Waals surface area (Å²) < 4.78 is 24.9. The summed E-state index contributed by atoms with van der Waals surface area (Å²) in [5.74, 6) is 0.641. The van der Waals surface area contributed by atoms with Gasteiger partial charge in [-0.25, -0.2) is 4.39 Å². The molecule has 1 fully saturated rings. The lowest BCUT2D eigenvalue weighted by atomic mass is 10.1. The molecule has 1 aromatic rings. The van der Waals surface area contributed by atoms with Gasteiger partial charge in [-0.3, -0.25) is 4.90 Å². The molecule has 0 N–H and O–H groups in total. The Bertz CT molecular complexity index is 485. The molecule has 1 saturated heterocycles. The minimum atomic E-state index is -0.188. The van der Waals surface area contributed by atoms with E-state index in [1.165, 1.54) is 6.07 Å². The van der Waals surface area contributed by atoms with Crippen LogP contribution in [0.2, 0.25) is 0 Å². The first kappa shape index (κ1) is 14.3. The molecular weight excluding hydrogens is 325 g/mol. The molecule has 2 aliphatic rings. The number of nitrogens with zero attached hydrogens (tertiary/aromatic N) is 1. The highest BCUT2D eigenvalue weighted by molar-refractivity contribution is 9.09. The van der Waals surface area contributed by atoms with E-state index >= 15 is 0 Å². The Balaban J connectivity index is 1.60. The monoisotopic (exact) mass is 343 g/mol. The maximum Gasteiger partial charge on any atom is 0.123 e. The lowest BCUT2D eigenvalue weighted by molar-refractivity contribution is -0.0713. The van der Waals surface area contributed by atoms with E-state index in [4.69, 9.17) is 9.47 Å². The fraction of sp³-hybridized carbons (Fsp3) is 0.600. The van der Waals surface area contributed by atoms with Gasteiger partial charge in [-0.05, 0) is 25.1 Å². The number of morpholine rings is 1. The second-order valence-electron chi connectivity index (χ2n) is 5.64. The van der Waals surface area contributed by atoms with Crippen molar-refractivity contribution in [2.45, 2.75) is 31.7 Å². The van der Waals surface area contributed by atoms with Crippen LogP contribution in [0.5, 0.6) is 5.75 Å². The van der Waals surface area contributed by atoms with Crippen LogP contribution in [0.1, 0.15) is 12.5 Å². The summed E-state index contributed by atoms with van der Waals surface area (Å²) in [6.07, 6.45) is 1.39. The lowest BCUT2D eigenvalue weighted by Crippen LogP contribution is -2.50. The number of benzene rings is 1. The number of ether oxygens (including phenoxy) is 2. The van der Waals surface area contributed by atoms with Gasteiger partial charge in [0.15, 0.2) is 0 Å². The number of fused-ring (bicyclic) bond motifs is 1. The van der Waals surface area contributed by atoms with Gasteiger partial charge < -0.3 is 9.47 Å². The topological polar surface area (TPSA) is 21.7 Å². The quantitative estimate of drug-likeness (QED) is 0.787. The highest BCUT2D eigenvalue weighted by Crippen LogP contribution is 2.30. The van der Waals surface area contributed by atoms with Gasteiger partial charge in [0.1, 0.15) is 17.7 Å². The fourth-order valence-electron chi connectivity index (χ4n) is 3.05. The Morgan fingerprint density at radius 3 is 3.00 bits per heavy atom. The second kappa shape index (κ2) is 6.00. The first-order chi connectivity index (χ1) is 9.64. The minimum Gasteiger partial charge on any atom is -0.488 e. The van der Waals surface area contributed by atoms with Gasteiger partial charge in [-0.15, -0.1) is 0 Å². The summed E-state index contributed by atoms with van der Waals surface area (Å²) >= 11 is 3.49. The summed E-state index contributed by atoms with van der Waals surface area (Å²) in [5.41, 5.74) is 0.980. The average Bonchev–Trinajstić information content (AvgIpc) is 2.79. The van der Waals surface area contributed by atoms with E-state index in [1.54, 1.807) is 12.1 Å². The summed E-state index contributed by atoms with van der Waals surface area (Å²) in [5, 5.41) is 0.852. The summed E-state index contributed by atoms with van der Waals surface area (Å²) in [6, 6.07) is 4.77. The lowest BCUT2D eigenvalue weighted by Gasteiger charge is -2.37. The first-order valence-corrected chi connectivity index (χ1v) is 8.15. The molecule has 0 aromatic heterocycles. The standard InChI is InChI=1S/C15H19BrFNO2/c1-10-7-18(9-14(6-16)19-10)8-13-5-11-4-12(17)2-3-15(11)20-13/h2-4,10,13-14H,5-9H2,1H3. The van der Waals surface area contributed by atoms with Gasteiger partial charge in [0.05, 0.1) is 12.2 Å². The van der Waals surface area contributed by atoms with Crippen molar-refractivity contribution in [3.05, 3.63) is 29.6 Å². The molecular formula is C15H19BrFNO2. The molecule has 0 aliphatic carbocycles. The van der Waals surface area contributed by atoms with Crippen molar-refractivity contribution < 1.29 is 13.9 Å². The number of halogens is 2. The molecule has 1 aromatic carbocycles. The van der Waals surface area contributed by atoms with E-state index in [-0.39, 0.29) is 24.1 Å². The predicted molar refractivity (Wildman–Crippen MR) is 79.1 cm³/mol. The molecule has 5 heteroatoms. The molecule has 0 bridgehead atoms. The van der Waals surface area contributed by atoms with Crippen LogP contribution in [0.25, 0.3) is 0 Å². The van der Waals surface area contributed by atoms with E-state index in [2.05, 4.69) is 27.8 Å². The van der Waals surface area contributed by atoms with E-state index in [9.17, 15) is 4.39 Å². The zero-order valence-electron chi connectivity index (χ0n) is 11.5. The van der Waals surface area contributed by atoms with Gasteiger partial charge in [-0.1, -0.05) is 15.9 Å². The van der Waals surface area contributed by atoms with E-state index in [0.29, 0.717) is 0 Å². The van der Waals surface area contributed by atoms with Crippen molar-refractivity contribution in [1.29, 1.82) is 0 Å². The van der Waals surface area contributed by atoms with Crippen molar-refractivity contribution in [1.82, 2.24) is 4.90 Å². The highest BCUT2D eigenvalue weighted by Gasteiger charge is 2.30. The third kappa shape index (κ3) is 3.15. The van der Waals surface area contributed by atoms with Gasteiger partial charge >= 0.3 is 0 Å². The molecule has 2 heterocycles. The Labute approximate surface area is 127 Å². The van der Waals surface area contributed by atoms with Gasteiger partial charge in [0, 0.05) is 36.9 Å². The van der Waals surface area contributed by atoms with Crippen LogP contribution in [0, 0.1) is 5.82 Å². The molecule has 110 valence electrons.